The molecule has 0 radical (unpaired) electrons. The largest absolute Gasteiger partial charge is 0.316 e. The molecule has 0 unspecified atom stereocenters. The average molecular weight is 183 g/mol. The average Bonchev–Trinajstić information content (AvgIpc) is 2.06. The molecular weight excluding hydrogens is 172 g/mol. The highest BCUT2D eigenvalue weighted by molar-refractivity contribution is 5.85. The summed E-state index contributed by atoms with van der Waals surface area (Å²) in [6.07, 6.45) is 0.636. The quantitative estimate of drug-likeness (QED) is 0.754. The van der Waals surface area contributed by atoms with Crippen LogP contribution < -0.4 is 5.73 Å². The predicted octanol–water partition coefficient (Wildman–Crippen LogP) is 1.50. The highest BCUT2D eigenvalue weighted by Crippen LogP contribution is 2.00. The van der Waals surface area contributed by atoms with Crippen LogP contribution in [0, 0.1) is 11.3 Å². The molecule has 3 heteroatoms. The van der Waals surface area contributed by atoms with Gasteiger partial charge in [0.15, 0.2) is 0 Å². The van der Waals surface area contributed by atoms with E-state index in [1.165, 1.54) is 0 Å². The summed E-state index contributed by atoms with van der Waals surface area (Å²) in [7, 11) is 0. The molecule has 0 bridgehead atoms. The van der Waals surface area contributed by atoms with Crippen molar-refractivity contribution in [1.29, 1.82) is 5.26 Å². The molecule has 12 heavy (non-hydrogen) atoms. The Balaban J connectivity index is 0.00000121. The Labute approximate surface area is 78.4 Å². The molecule has 1 aromatic carbocycles. The summed E-state index contributed by atoms with van der Waals surface area (Å²) in [5.41, 5.74) is 6.56. The van der Waals surface area contributed by atoms with Crippen molar-refractivity contribution in [2.24, 2.45) is 5.73 Å². The molecular formula is C9H11ClN2. The lowest BCUT2D eigenvalue weighted by atomic mass is 10.1. The van der Waals surface area contributed by atoms with E-state index in [9.17, 15) is 0 Å². The molecule has 0 heterocycles. The maximum Gasteiger partial charge on any atom is 0.0968 e. The van der Waals surface area contributed by atoms with Gasteiger partial charge in [0.1, 0.15) is 0 Å². The Morgan fingerprint density at radius 3 is 2.42 bits per heavy atom. The Kier molecular flexibility index (Phi) is 5.11. The van der Waals surface area contributed by atoms with Crippen molar-refractivity contribution in [3.63, 3.8) is 0 Å². The van der Waals surface area contributed by atoms with Crippen LogP contribution in [0.15, 0.2) is 30.3 Å². The van der Waals surface area contributed by atoms with E-state index < -0.39 is 0 Å². The van der Waals surface area contributed by atoms with Crippen LogP contribution in [-0.2, 0) is 6.42 Å². The fourth-order valence-electron chi connectivity index (χ4n) is 0.914. The summed E-state index contributed by atoms with van der Waals surface area (Å²) in [5, 5.41) is 8.42. The summed E-state index contributed by atoms with van der Waals surface area (Å²) in [6.45, 7) is 0. The molecule has 0 aliphatic carbocycles. The zero-order valence-corrected chi connectivity index (χ0v) is 7.42. The molecule has 1 rings (SSSR count). The van der Waals surface area contributed by atoms with E-state index in [0.29, 0.717) is 6.42 Å². The van der Waals surface area contributed by atoms with E-state index in [-0.39, 0.29) is 18.4 Å². The molecule has 1 aromatic rings. The van der Waals surface area contributed by atoms with Gasteiger partial charge in [0, 0.05) is 6.42 Å². The molecule has 0 aromatic heterocycles. The topological polar surface area (TPSA) is 49.8 Å². The lowest BCUT2D eigenvalue weighted by Gasteiger charge is -2.00. The third-order valence-electron chi connectivity index (χ3n) is 1.46. The zero-order valence-electron chi connectivity index (χ0n) is 6.60. The van der Waals surface area contributed by atoms with Crippen molar-refractivity contribution in [1.82, 2.24) is 0 Å². The lowest BCUT2D eigenvalue weighted by molar-refractivity contribution is 0.823. The normalized spacial score (nSPS) is 11.0. The first-order chi connectivity index (χ1) is 5.33. The van der Waals surface area contributed by atoms with E-state index in [4.69, 9.17) is 11.0 Å². The lowest BCUT2D eigenvalue weighted by Crippen LogP contribution is -2.19. The highest BCUT2D eigenvalue weighted by Gasteiger charge is 1.99. The van der Waals surface area contributed by atoms with Crippen LogP contribution in [0.4, 0.5) is 0 Å². The summed E-state index contributed by atoms with van der Waals surface area (Å²) in [6, 6.07) is 11.4. The molecule has 0 spiro atoms. The van der Waals surface area contributed by atoms with Crippen LogP contribution in [0.3, 0.4) is 0 Å². The first kappa shape index (κ1) is 11.0. The van der Waals surface area contributed by atoms with Crippen molar-refractivity contribution < 1.29 is 0 Å². The van der Waals surface area contributed by atoms with Gasteiger partial charge in [0.2, 0.25) is 0 Å². The SMILES string of the molecule is Cl.N#C[C@@H](N)Cc1ccccc1. The Morgan fingerprint density at radius 1 is 1.33 bits per heavy atom. The van der Waals surface area contributed by atoms with Crippen LogP contribution in [-0.4, -0.2) is 6.04 Å². The van der Waals surface area contributed by atoms with E-state index in [1.807, 2.05) is 36.4 Å². The monoisotopic (exact) mass is 182 g/mol. The van der Waals surface area contributed by atoms with Gasteiger partial charge in [-0.1, -0.05) is 30.3 Å². The fourth-order valence-corrected chi connectivity index (χ4v) is 0.914. The molecule has 1 atom stereocenters. The molecule has 0 amide bonds. The predicted molar refractivity (Wildman–Crippen MR) is 51.0 cm³/mol. The molecule has 64 valence electrons. The van der Waals surface area contributed by atoms with Gasteiger partial charge in [-0.3, -0.25) is 0 Å². The van der Waals surface area contributed by atoms with Crippen molar-refractivity contribution in [2.75, 3.05) is 0 Å². The van der Waals surface area contributed by atoms with Crippen molar-refractivity contribution in [3.05, 3.63) is 35.9 Å². The Bertz CT molecular complexity index is 253. The highest BCUT2D eigenvalue weighted by atomic mass is 35.5. The molecule has 0 aliphatic heterocycles. The minimum Gasteiger partial charge on any atom is -0.316 e. The number of benzene rings is 1. The number of hydrogen-bond acceptors (Lipinski definition) is 2. The number of nitrogens with two attached hydrogens (primary N) is 1. The van der Waals surface area contributed by atoms with Gasteiger partial charge in [-0.05, 0) is 5.56 Å². The van der Waals surface area contributed by atoms with E-state index in [0.717, 1.165) is 5.56 Å². The van der Waals surface area contributed by atoms with E-state index in [1.54, 1.807) is 0 Å². The first-order valence-electron chi connectivity index (χ1n) is 3.52. The standard InChI is InChI=1S/C9H10N2.ClH/c10-7-9(11)6-8-4-2-1-3-5-8;/h1-5,9H,6,11H2;1H/t9-;/m0./s1. The maximum atomic E-state index is 8.42. The van der Waals surface area contributed by atoms with Gasteiger partial charge in [-0.15, -0.1) is 12.4 Å². The Morgan fingerprint density at radius 2 is 1.92 bits per heavy atom. The summed E-state index contributed by atoms with van der Waals surface area (Å²) in [5.74, 6) is 0. The van der Waals surface area contributed by atoms with Gasteiger partial charge >= 0.3 is 0 Å². The minimum absolute atomic E-state index is 0. The van der Waals surface area contributed by atoms with Gasteiger partial charge in [-0.2, -0.15) is 5.26 Å². The molecule has 0 aliphatic rings. The second-order valence-corrected chi connectivity index (χ2v) is 2.43. The van der Waals surface area contributed by atoms with E-state index in [2.05, 4.69) is 0 Å². The van der Waals surface area contributed by atoms with Gasteiger partial charge in [-0.25, -0.2) is 0 Å². The van der Waals surface area contributed by atoms with Gasteiger partial charge in [0.05, 0.1) is 12.1 Å². The number of halogens is 1. The van der Waals surface area contributed by atoms with Crippen LogP contribution in [0.25, 0.3) is 0 Å². The molecule has 0 saturated carbocycles. The second-order valence-electron chi connectivity index (χ2n) is 2.43. The summed E-state index contributed by atoms with van der Waals surface area (Å²) >= 11 is 0. The molecule has 2 nitrogen and oxygen atoms in total. The smallest absolute Gasteiger partial charge is 0.0968 e. The zero-order chi connectivity index (χ0) is 8.10. The number of rotatable bonds is 2. The molecule has 2 N–H and O–H groups in total. The number of hydrogen-bond donors (Lipinski definition) is 1. The van der Waals surface area contributed by atoms with Crippen LogP contribution in [0.5, 0.6) is 0 Å². The van der Waals surface area contributed by atoms with Crippen LogP contribution >= 0.6 is 12.4 Å². The Hall–Kier alpha value is -1.04. The fraction of sp³-hybridized carbons (Fsp3) is 0.222. The minimum atomic E-state index is -0.377. The third kappa shape index (κ3) is 3.38. The molecule has 0 fully saturated rings. The number of nitrogens with zero attached hydrogens (tertiary/aromatic N) is 1. The second kappa shape index (κ2) is 5.59. The van der Waals surface area contributed by atoms with Crippen LogP contribution in [0.1, 0.15) is 5.56 Å². The van der Waals surface area contributed by atoms with Crippen LogP contribution in [0.2, 0.25) is 0 Å². The third-order valence-corrected chi connectivity index (χ3v) is 1.46. The van der Waals surface area contributed by atoms with Crippen molar-refractivity contribution in [3.8, 4) is 6.07 Å². The maximum absolute atomic E-state index is 8.42. The first-order valence-corrected chi connectivity index (χ1v) is 3.52. The van der Waals surface area contributed by atoms with Crippen molar-refractivity contribution in [2.45, 2.75) is 12.5 Å². The summed E-state index contributed by atoms with van der Waals surface area (Å²) < 4.78 is 0. The van der Waals surface area contributed by atoms with Gasteiger partial charge < -0.3 is 5.73 Å². The van der Waals surface area contributed by atoms with Gasteiger partial charge in [0.25, 0.3) is 0 Å². The molecule has 0 saturated heterocycles. The van der Waals surface area contributed by atoms with Crippen molar-refractivity contribution >= 4 is 12.4 Å². The number of nitriles is 1. The summed E-state index contributed by atoms with van der Waals surface area (Å²) in [4.78, 5) is 0. The van der Waals surface area contributed by atoms with E-state index >= 15 is 0 Å².